The Morgan fingerprint density at radius 1 is 1.04 bits per heavy atom. The molecule has 1 heterocycles. The Labute approximate surface area is 147 Å². The number of amides is 1. The molecule has 0 bridgehead atoms. The van der Waals surface area contributed by atoms with Crippen molar-refractivity contribution in [2.75, 3.05) is 23.3 Å². The molecule has 7 heteroatoms. The zero-order valence-corrected chi connectivity index (χ0v) is 14.8. The molecule has 1 N–H and O–H groups in total. The van der Waals surface area contributed by atoms with Crippen LogP contribution in [0.3, 0.4) is 0 Å². The van der Waals surface area contributed by atoms with Gasteiger partial charge in [0, 0.05) is 24.3 Å². The van der Waals surface area contributed by atoms with E-state index in [2.05, 4.69) is 4.72 Å². The number of methoxy groups -OCH3 is 1. The van der Waals surface area contributed by atoms with Crippen LogP contribution in [0.15, 0.2) is 53.4 Å². The van der Waals surface area contributed by atoms with E-state index in [9.17, 15) is 13.2 Å². The molecule has 25 heavy (non-hydrogen) atoms. The first kappa shape index (κ1) is 17.3. The summed E-state index contributed by atoms with van der Waals surface area (Å²) in [7, 11) is -2.33. The molecule has 132 valence electrons. The van der Waals surface area contributed by atoms with Gasteiger partial charge in [0.1, 0.15) is 10.6 Å². The van der Waals surface area contributed by atoms with Gasteiger partial charge in [-0.3, -0.25) is 9.52 Å². The summed E-state index contributed by atoms with van der Waals surface area (Å²) in [6.07, 6.45) is 2.46. The molecule has 1 fully saturated rings. The molecule has 1 amide bonds. The van der Waals surface area contributed by atoms with Crippen LogP contribution < -0.4 is 14.4 Å². The Hall–Kier alpha value is -2.54. The van der Waals surface area contributed by atoms with Gasteiger partial charge in [-0.15, -0.1) is 0 Å². The highest BCUT2D eigenvalue weighted by Gasteiger charge is 2.21. The zero-order valence-electron chi connectivity index (χ0n) is 13.9. The second-order valence-electron chi connectivity index (χ2n) is 5.81. The summed E-state index contributed by atoms with van der Waals surface area (Å²) in [5.74, 6) is 0.388. The molecule has 0 spiro atoms. The van der Waals surface area contributed by atoms with Gasteiger partial charge in [0.15, 0.2) is 0 Å². The number of ether oxygens (including phenoxy) is 1. The van der Waals surface area contributed by atoms with Crippen LogP contribution in [0.4, 0.5) is 11.4 Å². The number of piperidine rings is 1. The molecule has 0 atom stereocenters. The Bertz CT molecular complexity index is 863. The first-order valence-electron chi connectivity index (χ1n) is 8.07. The van der Waals surface area contributed by atoms with Crippen LogP contribution in [-0.4, -0.2) is 28.0 Å². The van der Waals surface area contributed by atoms with E-state index in [4.69, 9.17) is 4.74 Å². The Morgan fingerprint density at radius 2 is 1.76 bits per heavy atom. The largest absolute Gasteiger partial charge is 0.495 e. The smallest absolute Gasteiger partial charge is 0.265 e. The van der Waals surface area contributed by atoms with Crippen molar-refractivity contribution < 1.29 is 17.9 Å². The number of para-hydroxylation sites is 1. The van der Waals surface area contributed by atoms with Gasteiger partial charge in [-0.2, -0.15) is 0 Å². The van der Waals surface area contributed by atoms with Crippen LogP contribution in [0.1, 0.15) is 19.3 Å². The van der Waals surface area contributed by atoms with E-state index < -0.39 is 10.0 Å². The third-order valence-electron chi connectivity index (χ3n) is 4.11. The number of nitrogens with zero attached hydrogens (tertiary/aromatic N) is 1. The maximum Gasteiger partial charge on any atom is 0.265 e. The van der Waals surface area contributed by atoms with E-state index in [0.29, 0.717) is 18.7 Å². The van der Waals surface area contributed by atoms with E-state index in [0.717, 1.165) is 18.5 Å². The number of nitrogens with one attached hydrogen (secondary N) is 1. The maximum absolute atomic E-state index is 12.6. The number of rotatable bonds is 5. The lowest BCUT2D eigenvalue weighted by Crippen LogP contribution is -2.35. The van der Waals surface area contributed by atoms with Gasteiger partial charge in [-0.25, -0.2) is 8.42 Å². The molecule has 0 radical (unpaired) electrons. The van der Waals surface area contributed by atoms with E-state index in [-0.39, 0.29) is 16.6 Å². The fourth-order valence-electron chi connectivity index (χ4n) is 2.84. The predicted octanol–water partition coefficient (Wildman–Crippen LogP) is 3.01. The van der Waals surface area contributed by atoms with E-state index >= 15 is 0 Å². The molecule has 0 aromatic heterocycles. The van der Waals surface area contributed by atoms with Crippen LogP contribution in [0.2, 0.25) is 0 Å². The monoisotopic (exact) mass is 360 g/mol. The fraction of sp³-hybridized carbons (Fsp3) is 0.278. The highest BCUT2D eigenvalue weighted by Crippen LogP contribution is 2.27. The number of carbonyl (C=O) groups is 1. The minimum atomic E-state index is -3.76. The lowest BCUT2D eigenvalue weighted by Gasteiger charge is -2.26. The van der Waals surface area contributed by atoms with E-state index in [1.54, 1.807) is 47.4 Å². The SMILES string of the molecule is COc1ccccc1S(=O)(=O)Nc1ccc(N2CCCCC2=O)cc1. The lowest BCUT2D eigenvalue weighted by atomic mass is 10.1. The molecule has 2 aromatic carbocycles. The van der Waals surface area contributed by atoms with Gasteiger partial charge in [0.25, 0.3) is 10.0 Å². The number of benzene rings is 2. The van der Waals surface area contributed by atoms with Crippen molar-refractivity contribution in [3.8, 4) is 5.75 Å². The molecular weight excluding hydrogens is 340 g/mol. The topological polar surface area (TPSA) is 75.7 Å². The molecule has 0 saturated carbocycles. The standard InChI is InChI=1S/C18H20N2O4S/c1-24-16-6-2-3-7-17(16)25(22,23)19-14-9-11-15(12-10-14)20-13-5-4-8-18(20)21/h2-3,6-7,9-12,19H,4-5,8,13H2,1H3. The number of sulfonamides is 1. The fourth-order valence-corrected chi connectivity index (χ4v) is 4.07. The lowest BCUT2D eigenvalue weighted by molar-refractivity contribution is -0.119. The Kier molecular flexibility index (Phi) is 4.94. The zero-order chi connectivity index (χ0) is 17.9. The summed E-state index contributed by atoms with van der Waals surface area (Å²) in [4.78, 5) is 13.8. The molecule has 1 aliphatic heterocycles. The third-order valence-corrected chi connectivity index (χ3v) is 5.53. The second-order valence-corrected chi connectivity index (χ2v) is 7.46. The quantitative estimate of drug-likeness (QED) is 0.889. The number of hydrogen-bond donors (Lipinski definition) is 1. The van der Waals surface area contributed by atoms with E-state index in [1.807, 2.05) is 0 Å². The van der Waals surface area contributed by atoms with Gasteiger partial charge in [0.2, 0.25) is 5.91 Å². The number of hydrogen-bond acceptors (Lipinski definition) is 4. The van der Waals surface area contributed by atoms with Gasteiger partial charge in [-0.1, -0.05) is 12.1 Å². The van der Waals surface area contributed by atoms with Crippen molar-refractivity contribution in [2.24, 2.45) is 0 Å². The van der Waals surface area contributed by atoms with Crippen LogP contribution >= 0.6 is 0 Å². The van der Waals surface area contributed by atoms with Crippen molar-refractivity contribution >= 4 is 27.3 Å². The highest BCUT2D eigenvalue weighted by atomic mass is 32.2. The van der Waals surface area contributed by atoms with Crippen molar-refractivity contribution in [3.63, 3.8) is 0 Å². The summed E-state index contributed by atoms with van der Waals surface area (Å²) in [6, 6.07) is 13.3. The molecule has 0 unspecified atom stereocenters. The van der Waals surface area contributed by atoms with Crippen LogP contribution in [-0.2, 0) is 14.8 Å². The minimum absolute atomic E-state index is 0.0767. The summed E-state index contributed by atoms with van der Waals surface area (Å²) >= 11 is 0. The van der Waals surface area contributed by atoms with Gasteiger partial charge in [0.05, 0.1) is 7.11 Å². The molecule has 3 rings (SSSR count). The highest BCUT2D eigenvalue weighted by molar-refractivity contribution is 7.92. The summed E-state index contributed by atoms with van der Waals surface area (Å²) in [6.45, 7) is 0.700. The first-order valence-corrected chi connectivity index (χ1v) is 9.56. The normalized spacial score (nSPS) is 15.1. The van der Waals surface area contributed by atoms with Crippen LogP contribution in [0.25, 0.3) is 0 Å². The van der Waals surface area contributed by atoms with E-state index in [1.165, 1.54) is 13.2 Å². The molecule has 0 aliphatic carbocycles. The predicted molar refractivity (Wildman–Crippen MR) is 96.4 cm³/mol. The van der Waals surface area contributed by atoms with Crippen LogP contribution in [0, 0.1) is 0 Å². The second kappa shape index (κ2) is 7.14. The van der Waals surface area contributed by atoms with Gasteiger partial charge < -0.3 is 9.64 Å². The minimum Gasteiger partial charge on any atom is -0.495 e. The van der Waals surface area contributed by atoms with Gasteiger partial charge >= 0.3 is 0 Å². The van der Waals surface area contributed by atoms with Crippen molar-refractivity contribution in [1.82, 2.24) is 0 Å². The van der Waals surface area contributed by atoms with Crippen molar-refractivity contribution in [3.05, 3.63) is 48.5 Å². The molecule has 1 aliphatic rings. The average molecular weight is 360 g/mol. The Morgan fingerprint density at radius 3 is 2.44 bits per heavy atom. The first-order chi connectivity index (χ1) is 12.0. The summed E-state index contributed by atoms with van der Waals surface area (Å²) in [5.41, 5.74) is 1.21. The molecule has 1 saturated heterocycles. The van der Waals surface area contributed by atoms with Crippen molar-refractivity contribution in [2.45, 2.75) is 24.2 Å². The summed E-state index contributed by atoms with van der Waals surface area (Å²) in [5, 5.41) is 0. The van der Waals surface area contributed by atoms with Crippen LogP contribution in [0.5, 0.6) is 5.75 Å². The number of carbonyl (C=O) groups excluding carboxylic acids is 1. The van der Waals surface area contributed by atoms with Gasteiger partial charge in [-0.05, 0) is 49.2 Å². The summed E-state index contributed by atoms with van der Waals surface area (Å²) < 4.78 is 32.8. The third kappa shape index (κ3) is 3.76. The average Bonchev–Trinajstić information content (AvgIpc) is 2.62. The number of anilines is 2. The molecule has 2 aromatic rings. The molecule has 6 nitrogen and oxygen atoms in total. The molecular formula is C18H20N2O4S. The Balaban J connectivity index is 1.80. The van der Waals surface area contributed by atoms with Crippen molar-refractivity contribution in [1.29, 1.82) is 0 Å². The maximum atomic E-state index is 12.6.